The van der Waals surface area contributed by atoms with Gasteiger partial charge in [0.1, 0.15) is 11.3 Å². The van der Waals surface area contributed by atoms with E-state index in [0.29, 0.717) is 11.3 Å². The average molecular weight is 210 g/mol. The minimum Gasteiger partial charge on any atom is -0.454 e. The van der Waals surface area contributed by atoms with Gasteiger partial charge in [-0.25, -0.2) is 4.79 Å². The van der Waals surface area contributed by atoms with Crippen LogP contribution in [0.4, 0.5) is 5.69 Å². The molecule has 2 aromatic heterocycles. The Hall–Kier alpha value is -2.45. The van der Waals surface area contributed by atoms with Crippen LogP contribution in [0.3, 0.4) is 0 Å². The number of rotatable bonds is 1. The van der Waals surface area contributed by atoms with E-state index in [9.17, 15) is 4.79 Å². The Morgan fingerprint density at radius 1 is 1.19 bits per heavy atom. The monoisotopic (exact) mass is 210 g/mol. The predicted octanol–water partition coefficient (Wildman–Crippen LogP) is 2.95. The molecule has 76 valence electrons. The fourth-order valence-electron chi connectivity index (χ4n) is 1.79. The molecule has 0 fully saturated rings. The molecule has 0 saturated carbocycles. The van der Waals surface area contributed by atoms with Crippen LogP contribution in [-0.4, -0.2) is 11.1 Å². The molecule has 0 saturated heterocycles. The van der Waals surface area contributed by atoms with Gasteiger partial charge >= 0.3 is 0 Å². The molecule has 16 heavy (non-hydrogen) atoms. The molecule has 0 unspecified atom stereocenters. The first kappa shape index (κ1) is 8.83. The van der Waals surface area contributed by atoms with Crippen LogP contribution in [0.1, 0.15) is 0 Å². The lowest BCUT2D eigenvalue weighted by Gasteiger charge is -1.92. The van der Waals surface area contributed by atoms with E-state index < -0.39 is 0 Å². The van der Waals surface area contributed by atoms with Gasteiger partial charge in [0, 0.05) is 5.39 Å². The van der Waals surface area contributed by atoms with Crippen molar-refractivity contribution in [1.29, 1.82) is 0 Å². The van der Waals surface area contributed by atoms with Gasteiger partial charge in [0.25, 0.3) is 0 Å². The van der Waals surface area contributed by atoms with Gasteiger partial charge in [-0.1, -0.05) is 18.2 Å². The summed E-state index contributed by atoms with van der Waals surface area (Å²) >= 11 is 0. The summed E-state index contributed by atoms with van der Waals surface area (Å²) in [4.78, 5) is 17.9. The normalized spacial score (nSPS) is 10.5. The Balaban J connectivity index is 2.57. The summed E-state index contributed by atoms with van der Waals surface area (Å²) < 4.78 is 5.59. The van der Waals surface area contributed by atoms with Crippen molar-refractivity contribution in [2.45, 2.75) is 0 Å². The number of nitrogens with zero attached hydrogens (tertiary/aromatic N) is 2. The van der Waals surface area contributed by atoms with E-state index in [2.05, 4.69) is 9.98 Å². The highest BCUT2D eigenvalue weighted by molar-refractivity contribution is 6.10. The Labute approximate surface area is 90.2 Å². The predicted molar refractivity (Wildman–Crippen MR) is 59.3 cm³/mol. The third-order valence-electron chi connectivity index (χ3n) is 2.43. The molecule has 4 nitrogen and oxygen atoms in total. The van der Waals surface area contributed by atoms with Crippen molar-refractivity contribution in [3.05, 3.63) is 36.7 Å². The van der Waals surface area contributed by atoms with Crippen LogP contribution in [0.5, 0.6) is 0 Å². The van der Waals surface area contributed by atoms with Crippen LogP contribution in [0.15, 0.2) is 46.1 Å². The minimum absolute atomic E-state index is 0.484. The van der Waals surface area contributed by atoms with Crippen LogP contribution < -0.4 is 0 Å². The average Bonchev–Trinajstić information content (AvgIpc) is 2.68. The number of para-hydroxylation sites is 1. The van der Waals surface area contributed by atoms with Gasteiger partial charge in [0.05, 0.1) is 17.8 Å². The van der Waals surface area contributed by atoms with Crippen molar-refractivity contribution in [2.24, 2.45) is 4.99 Å². The molecule has 0 radical (unpaired) electrons. The SMILES string of the molecule is O=C=Nc1cncc2oc3ccccc3c12. The molecule has 0 aliphatic rings. The fourth-order valence-corrected chi connectivity index (χ4v) is 1.79. The van der Waals surface area contributed by atoms with E-state index in [1.807, 2.05) is 24.3 Å². The molecule has 0 spiro atoms. The zero-order valence-electron chi connectivity index (χ0n) is 8.18. The second-order valence-electron chi connectivity index (χ2n) is 3.33. The molecule has 0 aliphatic carbocycles. The molecule has 3 aromatic rings. The van der Waals surface area contributed by atoms with Crippen LogP contribution in [0, 0.1) is 0 Å². The highest BCUT2D eigenvalue weighted by atomic mass is 16.3. The van der Waals surface area contributed by atoms with Gasteiger partial charge in [-0.3, -0.25) is 4.98 Å². The number of aliphatic imine (C=N–C) groups is 1. The molecule has 1 aromatic carbocycles. The van der Waals surface area contributed by atoms with Crippen molar-refractivity contribution in [1.82, 2.24) is 4.98 Å². The molecule has 2 heterocycles. The summed E-state index contributed by atoms with van der Waals surface area (Å²) in [5, 5.41) is 1.72. The number of pyridine rings is 1. The fraction of sp³-hybridized carbons (Fsp3) is 0. The summed E-state index contributed by atoms with van der Waals surface area (Å²) in [5.74, 6) is 0. The van der Waals surface area contributed by atoms with E-state index in [1.54, 1.807) is 6.20 Å². The van der Waals surface area contributed by atoms with E-state index in [1.165, 1.54) is 12.3 Å². The Morgan fingerprint density at radius 3 is 2.94 bits per heavy atom. The Morgan fingerprint density at radius 2 is 2.06 bits per heavy atom. The van der Waals surface area contributed by atoms with Gasteiger partial charge in [0.15, 0.2) is 5.58 Å². The third kappa shape index (κ3) is 1.14. The van der Waals surface area contributed by atoms with Gasteiger partial charge < -0.3 is 4.42 Å². The number of hydrogen-bond acceptors (Lipinski definition) is 4. The summed E-state index contributed by atoms with van der Waals surface area (Å²) in [6.07, 6.45) is 4.66. The maximum atomic E-state index is 10.3. The molecule has 0 amide bonds. The summed E-state index contributed by atoms with van der Waals surface area (Å²) in [7, 11) is 0. The lowest BCUT2D eigenvalue weighted by atomic mass is 10.1. The number of hydrogen-bond donors (Lipinski definition) is 0. The minimum atomic E-state index is 0.484. The van der Waals surface area contributed by atoms with Gasteiger partial charge in [-0.15, -0.1) is 0 Å². The third-order valence-corrected chi connectivity index (χ3v) is 2.43. The van der Waals surface area contributed by atoms with Crippen LogP contribution in [0.25, 0.3) is 21.9 Å². The van der Waals surface area contributed by atoms with Crippen LogP contribution in [0.2, 0.25) is 0 Å². The van der Waals surface area contributed by atoms with Crippen LogP contribution >= 0.6 is 0 Å². The van der Waals surface area contributed by atoms with Crippen molar-refractivity contribution in [3.63, 3.8) is 0 Å². The first-order valence-corrected chi connectivity index (χ1v) is 4.73. The highest BCUT2D eigenvalue weighted by Gasteiger charge is 2.10. The van der Waals surface area contributed by atoms with E-state index in [0.717, 1.165) is 16.4 Å². The Bertz CT molecular complexity index is 724. The van der Waals surface area contributed by atoms with Crippen molar-refractivity contribution >= 4 is 33.7 Å². The summed E-state index contributed by atoms with van der Waals surface area (Å²) in [5.41, 5.74) is 1.86. The van der Waals surface area contributed by atoms with E-state index >= 15 is 0 Å². The maximum Gasteiger partial charge on any atom is 0.240 e. The molecule has 0 atom stereocenters. The molecular weight excluding hydrogens is 204 g/mol. The van der Waals surface area contributed by atoms with E-state index in [4.69, 9.17) is 4.42 Å². The largest absolute Gasteiger partial charge is 0.454 e. The molecule has 4 heteroatoms. The Kier molecular flexibility index (Phi) is 1.82. The second kappa shape index (κ2) is 3.29. The molecule has 3 rings (SSSR count). The van der Waals surface area contributed by atoms with Gasteiger partial charge in [-0.2, -0.15) is 4.99 Å². The topological polar surface area (TPSA) is 55.5 Å². The molecule has 0 N–H and O–H groups in total. The van der Waals surface area contributed by atoms with Crippen LogP contribution in [-0.2, 0) is 4.79 Å². The summed E-state index contributed by atoms with van der Waals surface area (Å²) in [6, 6.07) is 7.58. The van der Waals surface area contributed by atoms with Gasteiger partial charge in [0.2, 0.25) is 6.08 Å². The standard InChI is InChI=1S/C12H6N2O2/c15-7-14-9-5-13-6-11-12(9)8-3-1-2-4-10(8)16-11/h1-6H. The maximum absolute atomic E-state index is 10.3. The highest BCUT2D eigenvalue weighted by Crippen LogP contribution is 2.34. The molecular formula is C12H6N2O2. The molecule has 0 aliphatic heterocycles. The number of furan rings is 1. The number of isocyanates is 1. The van der Waals surface area contributed by atoms with Crippen molar-refractivity contribution in [2.75, 3.05) is 0 Å². The number of benzene rings is 1. The zero-order valence-corrected chi connectivity index (χ0v) is 8.18. The van der Waals surface area contributed by atoms with E-state index in [-0.39, 0.29) is 0 Å². The van der Waals surface area contributed by atoms with Gasteiger partial charge in [-0.05, 0) is 6.07 Å². The molecule has 0 bridgehead atoms. The lowest BCUT2D eigenvalue weighted by Crippen LogP contribution is -1.72. The number of aromatic nitrogens is 1. The first-order chi connectivity index (χ1) is 7.90. The number of carbonyl (C=O) groups excluding carboxylic acids is 1. The van der Waals surface area contributed by atoms with Crippen molar-refractivity contribution in [3.8, 4) is 0 Å². The second-order valence-corrected chi connectivity index (χ2v) is 3.33. The lowest BCUT2D eigenvalue weighted by molar-refractivity contribution is 0.565. The quantitative estimate of drug-likeness (QED) is 0.458. The zero-order chi connectivity index (χ0) is 11.0. The first-order valence-electron chi connectivity index (χ1n) is 4.73. The number of fused-ring (bicyclic) bond motifs is 3. The summed E-state index contributed by atoms with van der Waals surface area (Å²) in [6.45, 7) is 0. The van der Waals surface area contributed by atoms with Crippen molar-refractivity contribution < 1.29 is 9.21 Å². The smallest absolute Gasteiger partial charge is 0.240 e.